The van der Waals surface area contributed by atoms with Gasteiger partial charge < -0.3 is 13.7 Å². The molecule has 8 heteroatoms. The van der Waals surface area contributed by atoms with Crippen LogP contribution in [-0.2, 0) is 34.2 Å². The molecular weight excluding hydrogens is 390 g/mol. The predicted molar refractivity (Wildman–Crippen MR) is 108 cm³/mol. The second-order valence-electron chi connectivity index (χ2n) is 7.93. The molecule has 1 saturated carbocycles. The number of nitrogens with zero attached hydrogens (tertiary/aromatic N) is 3. The monoisotopic (exact) mass is 417 g/mol. The molecule has 0 bridgehead atoms. The Labute approximate surface area is 172 Å². The minimum absolute atomic E-state index is 0.0176. The van der Waals surface area contributed by atoms with E-state index in [0.29, 0.717) is 26.2 Å². The van der Waals surface area contributed by atoms with E-state index in [-0.39, 0.29) is 22.9 Å². The molecule has 0 N–H and O–H groups in total. The van der Waals surface area contributed by atoms with Crippen LogP contribution in [0, 0.1) is 18.3 Å². The molecule has 3 heterocycles. The standard InChI is InChI=1S/C21H27N3O4S/c1-2-9-23(14-19-5-3-10-27-19)13-18-12-22-21(29(25,26)16-17-7-8-17)24(18)15-20-6-4-11-28-20/h1,3,5,10,12,17,20H,4,6-9,11,13-16H2/t20-/m1/s1. The number of hydrogen-bond donors (Lipinski definition) is 0. The average molecular weight is 418 g/mol. The SMILES string of the molecule is C#CCN(Cc1ccco1)Cc1cnc(S(=O)(=O)CC2CC2)n1C[C@H]1CCCO1. The summed E-state index contributed by atoms with van der Waals surface area (Å²) in [4.78, 5) is 6.38. The Balaban J connectivity index is 1.59. The number of hydrogen-bond acceptors (Lipinski definition) is 6. The van der Waals surface area contributed by atoms with Gasteiger partial charge in [0.15, 0.2) is 0 Å². The van der Waals surface area contributed by atoms with Gasteiger partial charge in [0.05, 0.1) is 49.6 Å². The third-order valence-corrected chi connectivity index (χ3v) is 7.19. The lowest BCUT2D eigenvalue weighted by molar-refractivity contribution is 0.0932. The van der Waals surface area contributed by atoms with E-state index in [4.69, 9.17) is 15.6 Å². The number of ether oxygens (including phenoxy) is 1. The van der Waals surface area contributed by atoms with Crippen molar-refractivity contribution in [3.05, 3.63) is 36.0 Å². The van der Waals surface area contributed by atoms with Gasteiger partial charge in [-0.2, -0.15) is 0 Å². The maximum atomic E-state index is 13.0. The molecule has 2 aromatic heterocycles. The van der Waals surface area contributed by atoms with E-state index in [1.54, 1.807) is 12.5 Å². The summed E-state index contributed by atoms with van der Waals surface area (Å²) in [6.07, 6.45) is 12.8. The van der Waals surface area contributed by atoms with E-state index in [1.165, 1.54) is 0 Å². The summed E-state index contributed by atoms with van der Waals surface area (Å²) in [6, 6.07) is 3.74. The summed E-state index contributed by atoms with van der Waals surface area (Å²) < 4.78 is 39.0. The van der Waals surface area contributed by atoms with Gasteiger partial charge in [-0.05, 0) is 43.7 Å². The summed E-state index contributed by atoms with van der Waals surface area (Å²) in [6.45, 7) is 2.69. The first-order chi connectivity index (χ1) is 14.0. The van der Waals surface area contributed by atoms with Crippen molar-refractivity contribution in [1.29, 1.82) is 0 Å². The van der Waals surface area contributed by atoms with Crippen molar-refractivity contribution in [3.63, 3.8) is 0 Å². The summed E-state index contributed by atoms with van der Waals surface area (Å²) in [7, 11) is -3.43. The summed E-state index contributed by atoms with van der Waals surface area (Å²) in [5.41, 5.74) is 0.830. The van der Waals surface area contributed by atoms with Gasteiger partial charge in [-0.1, -0.05) is 5.92 Å². The van der Waals surface area contributed by atoms with Crippen LogP contribution in [0.4, 0.5) is 0 Å². The van der Waals surface area contributed by atoms with E-state index in [9.17, 15) is 8.42 Å². The molecular formula is C21H27N3O4S. The quantitative estimate of drug-likeness (QED) is 0.553. The van der Waals surface area contributed by atoms with Crippen LogP contribution < -0.4 is 0 Å². The van der Waals surface area contributed by atoms with Crippen LogP contribution in [0.1, 0.15) is 37.1 Å². The van der Waals surface area contributed by atoms with Crippen molar-refractivity contribution in [3.8, 4) is 12.3 Å². The number of aromatic nitrogens is 2. The number of sulfone groups is 1. The lowest BCUT2D eigenvalue weighted by atomic mass is 10.2. The van der Waals surface area contributed by atoms with Crippen LogP contribution in [0.2, 0.25) is 0 Å². The van der Waals surface area contributed by atoms with Crippen LogP contribution in [0.25, 0.3) is 0 Å². The molecule has 0 radical (unpaired) electrons. The van der Waals surface area contributed by atoms with E-state index in [2.05, 4.69) is 10.9 Å². The predicted octanol–water partition coefficient (Wildman–Crippen LogP) is 2.47. The molecule has 2 aliphatic rings. The molecule has 1 atom stereocenters. The van der Waals surface area contributed by atoms with Crippen LogP contribution in [0.3, 0.4) is 0 Å². The van der Waals surface area contributed by atoms with E-state index < -0.39 is 9.84 Å². The van der Waals surface area contributed by atoms with Gasteiger partial charge in [-0.3, -0.25) is 4.90 Å². The molecule has 0 aromatic carbocycles. The molecule has 1 aliphatic carbocycles. The fourth-order valence-corrected chi connectivity index (χ4v) is 5.62. The zero-order valence-corrected chi connectivity index (χ0v) is 17.3. The molecule has 4 rings (SSSR count). The minimum atomic E-state index is -3.43. The lowest BCUT2D eigenvalue weighted by Gasteiger charge is -2.21. The normalized spacial score (nSPS) is 19.7. The van der Waals surface area contributed by atoms with Gasteiger partial charge in [-0.25, -0.2) is 13.4 Å². The van der Waals surface area contributed by atoms with Gasteiger partial charge in [0.1, 0.15) is 5.76 Å². The second-order valence-corrected chi connectivity index (χ2v) is 9.86. The van der Waals surface area contributed by atoms with E-state index in [0.717, 1.165) is 43.7 Å². The van der Waals surface area contributed by atoms with Gasteiger partial charge in [0.2, 0.25) is 15.0 Å². The molecule has 0 unspecified atom stereocenters. The number of imidazole rings is 1. The minimum Gasteiger partial charge on any atom is -0.468 e. The first kappa shape index (κ1) is 20.2. The maximum absolute atomic E-state index is 13.0. The summed E-state index contributed by atoms with van der Waals surface area (Å²) >= 11 is 0. The number of furan rings is 1. The highest BCUT2D eigenvalue weighted by molar-refractivity contribution is 7.91. The number of terminal acetylenes is 1. The Hall–Kier alpha value is -2.08. The topological polar surface area (TPSA) is 77.6 Å². The van der Waals surface area contributed by atoms with Crippen LogP contribution >= 0.6 is 0 Å². The Morgan fingerprint density at radius 3 is 2.83 bits per heavy atom. The molecule has 29 heavy (non-hydrogen) atoms. The van der Waals surface area contributed by atoms with Gasteiger partial charge in [0, 0.05) is 13.2 Å². The Morgan fingerprint density at radius 2 is 2.17 bits per heavy atom. The van der Waals surface area contributed by atoms with E-state index in [1.807, 2.05) is 21.6 Å². The lowest BCUT2D eigenvalue weighted by Crippen LogP contribution is -2.27. The van der Waals surface area contributed by atoms with Crippen molar-refractivity contribution in [2.75, 3.05) is 18.9 Å². The third kappa shape index (κ3) is 5.10. The maximum Gasteiger partial charge on any atom is 0.227 e. The fraction of sp³-hybridized carbons (Fsp3) is 0.571. The Morgan fingerprint density at radius 1 is 1.31 bits per heavy atom. The van der Waals surface area contributed by atoms with Gasteiger partial charge in [-0.15, -0.1) is 6.42 Å². The molecule has 2 aromatic rings. The summed E-state index contributed by atoms with van der Waals surface area (Å²) in [5, 5.41) is 0.161. The van der Waals surface area contributed by atoms with Crippen LogP contribution in [-0.4, -0.2) is 47.9 Å². The Kier molecular flexibility index (Phi) is 6.09. The molecule has 156 valence electrons. The van der Waals surface area contributed by atoms with Crippen molar-refractivity contribution in [2.24, 2.45) is 5.92 Å². The highest BCUT2D eigenvalue weighted by Crippen LogP contribution is 2.32. The Bertz CT molecular complexity index is 949. The molecule has 0 amide bonds. The molecule has 1 aliphatic heterocycles. The largest absolute Gasteiger partial charge is 0.468 e. The highest BCUT2D eigenvalue weighted by atomic mass is 32.2. The first-order valence-electron chi connectivity index (χ1n) is 10.1. The molecule has 0 spiro atoms. The average Bonchev–Trinajstić information content (AvgIpc) is 3.11. The number of rotatable bonds is 10. The zero-order chi connectivity index (χ0) is 20.3. The van der Waals surface area contributed by atoms with Crippen LogP contribution in [0.5, 0.6) is 0 Å². The zero-order valence-electron chi connectivity index (χ0n) is 16.5. The van der Waals surface area contributed by atoms with Gasteiger partial charge >= 0.3 is 0 Å². The second kappa shape index (κ2) is 8.74. The highest BCUT2D eigenvalue weighted by Gasteiger charge is 2.33. The van der Waals surface area contributed by atoms with Crippen molar-refractivity contribution in [2.45, 2.75) is 56.6 Å². The third-order valence-electron chi connectivity index (χ3n) is 5.40. The van der Waals surface area contributed by atoms with Crippen molar-refractivity contribution >= 4 is 9.84 Å². The molecule has 1 saturated heterocycles. The van der Waals surface area contributed by atoms with Crippen molar-refractivity contribution < 1.29 is 17.6 Å². The van der Waals surface area contributed by atoms with E-state index >= 15 is 0 Å². The van der Waals surface area contributed by atoms with Crippen LogP contribution in [0.15, 0.2) is 34.2 Å². The fourth-order valence-electron chi connectivity index (χ4n) is 3.77. The smallest absolute Gasteiger partial charge is 0.227 e. The van der Waals surface area contributed by atoms with Crippen molar-refractivity contribution in [1.82, 2.24) is 14.5 Å². The summed E-state index contributed by atoms with van der Waals surface area (Å²) in [5.74, 6) is 3.94. The molecule has 2 fully saturated rings. The van der Waals surface area contributed by atoms with Gasteiger partial charge in [0.25, 0.3) is 0 Å². The molecule has 7 nitrogen and oxygen atoms in total. The first-order valence-corrected chi connectivity index (χ1v) is 11.8.